The lowest BCUT2D eigenvalue weighted by Crippen LogP contribution is -2.48. The molecule has 1 saturated heterocycles. The smallest absolute Gasteiger partial charge is 0.225 e. The molecule has 0 aliphatic carbocycles. The number of anilines is 1. The van der Waals surface area contributed by atoms with Crippen molar-refractivity contribution in [3.05, 3.63) is 17.5 Å². The van der Waals surface area contributed by atoms with Gasteiger partial charge in [0, 0.05) is 13.1 Å². The topological polar surface area (TPSA) is 52.8 Å². The second-order valence-electron chi connectivity index (χ2n) is 6.83. The van der Waals surface area contributed by atoms with Gasteiger partial charge in [-0.05, 0) is 30.6 Å². The molecule has 1 aliphatic heterocycles. The summed E-state index contributed by atoms with van der Waals surface area (Å²) in [6.45, 7) is 13.1. The van der Waals surface area contributed by atoms with Crippen LogP contribution >= 0.6 is 0 Å². The van der Waals surface area contributed by atoms with E-state index in [9.17, 15) is 0 Å². The molecule has 1 fully saturated rings. The Bertz CT molecular complexity index is 528. The van der Waals surface area contributed by atoms with Gasteiger partial charge in [0.25, 0.3) is 0 Å². The second kappa shape index (κ2) is 5.40. The van der Waals surface area contributed by atoms with Crippen LogP contribution in [0.2, 0.25) is 0 Å². The molecule has 1 atom stereocenters. The van der Waals surface area contributed by atoms with E-state index in [1.165, 1.54) is 6.42 Å². The highest BCUT2D eigenvalue weighted by molar-refractivity contribution is 5.38. The summed E-state index contributed by atoms with van der Waals surface area (Å²) in [7, 11) is 0. The van der Waals surface area contributed by atoms with Gasteiger partial charge in [-0.1, -0.05) is 27.7 Å². The fourth-order valence-corrected chi connectivity index (χ4v) is 3.50. The summed E-state index contributed by atoms with van der Waals surface area (Å²) in [5, 5.41) is 8.95. The van der Waals surface area contributed by atoms with Crippen LogP contribution in [-0.4, -0.2) is 23.1 Å². The average Bonchev–Trinajstić information content (AvgIpc) is 2.36. The van der Waals surface area contributed by atoms with Crippen molar-refractivity contribution in [1.82, 2.24) is 9.97 Å². The van der Waals surface area contributed by atoms with E-state index in [4.69, 9.17) is 5.26 Å². The second-order valence-corrected chi connectivity index (χ2v) is 6.83. The molecule has 0 spiro atoms. The number of nitriles is 1. The molecule has 1 aromatic rings. The third-order valence-corrected chi connectivity index (χ3v) is 4.49. The van der Waals surface area contributed by atoms with Crippen LogP contribution in [0.25, 0.3) is 0 Å². The Labute approximate surface area is 121 Å². The lowest BCUT2D eigenvalue weighted by atomic mass is 9.69. The van der Waals surface area contributed by atoms with Crippen molar-refractivity contribution >= 4 is 5.95 Å². The van der Waals surface area contributed by atoms with Crippen LogP contribution in [-0.2, 0) is 0 Å². The molecular formula is C16H24N4. The van der Waals surface area contributed by atoms with Crippen LogP contribution in [0.5, 0.6) is 0 Å². The number of piperidine rings is 1. The van der Waals surface area contributed by atoms with E-state index < -0.39 is 0 Å². The van der Waals surface area contributed by atoms with E-state index in [0.717, 1.165) is 30.6 Å². The maximum atomic E-state index is 8.95. The minimum absolute atomic E-state index is 0.261. The molecule has 2 rings (SSSR count). The van der Waals surface area contributed by atoms with Crippen molar-refractivity contribution in [2.24, 2.45) is 17.3 Å². The van der Waals surface area contributed by atoms with Crippen molar-refractivity contribution in [3.63, 3.8) is 0 Å². The number of hydrogen-bond donors (Lipinski definition) is 0. The molecule has 4 heteroatoms. The fraction of sp³-hybridized carbons (Fsp3) is 0.688. The highest BCUT2D eigenvalue weighted by Gasteiger charge is 2.38. The summed E-state index contributed by atoms with van der Waals surface area (Å²) in [4.78, 5) is 11.1. The van der Waals surface area contributed by atoms with Gasteiger partial charge < -0.3 is 4.90 Å². The predicted molar refractivity (Wildman–Crippen MR) is 80.4 cm³/mol. The minimum atomic E-state index is 0.261. The first kappa shape index (κ1) is 14.8. The first-order valence-electron chi connectivity index (χ1n) is 7.34. The van der Waals surface area contributed by atoms with Crippen molar-refractivity contribution in [2.75, 3.05) is 18.0 Å². The Morgan fingerprint density at radius 1 is 1.45 bits per heavy atom. The Morgan fingerprint density at radius 2 is 2.15 bits per heavy atom. The fourth-order valence-electron chi connectivity index (χ4n) is 3.50. The van der Waals surface area contributed by atoms with E-state index in [2.05, 4.69) is 48.6 Å². The molecule has 0 amide bonds. The molecule has 0 aromatic carbocycles. The molecule has 0 N–H and O–H groups in total. The highest BCUT2D eigenvalue weighted by atomic mass is 15.3. The lowest BCUT2D eigenvalue weighted by molar-refractivity contribution is 0.126. The Balaban J connectivity index is 2.20. The quantitative estimate of drug-likeness (QED) is 0.829. The zero-order valence-electron chi connectivity index (χ0n) is 13.1. The van der Waals surface area contributed by atoms with Crippen LogP contribution < -0.4 is 4.90 Å². The zero-order valence-corrected chi connectivity index (χ0v) is 13.1. The van der Waals surface area contributed by atoms with E-state index in [-0.39, 0.29) is 5.41 Å². The Kier molecular flexibility index (Phi) is 3.99. The van der Waals surface area contributed by atoms with Crippen molar-refractivity contribution in [3.8, 4) is 6.07 Å². The van der Waals surface area contributed by atoms with Crippen molar-refractivity contribution in [1.29, 1.82) is 5.26 Å². The summed E-state index contributed by atoms with van der Waals surface area (Å²) in [5.41, 5.74) is 1.59. The maximum Gasteiger partial charge on any atom is 0.225 e. The van der Waals surface area contributed by atoms with Gasteiger partial charge >= 0.3 is 0 Å². The van der Waals surface area contributed by atoms with Gasteiger partial charge in [0.2, 0.25) is 5.95 Å². The molecule has 1 aliphatic rings. The van der Waals surface area contributed by atoms with Gasteiger partial charge in [-0.25, -0.2) is 9.97 Å². The minimum Gasteiger partial charge on any atom is -0.340 e. The van der Waals surface area contributed by atoms with Crippen LogP contribution in [0.3, 0.4) is 0 Å². The summed E-state index contributed by atoms with van der Waals surface area (Å²) in [6, 6.07) is 2.12. The van der Waals surface area contributed by atoms with Crippen LogP contribution in [0.4, 0.5) is 5.95 Å². The average molecular weight is 272 g/mol. The number of rotatable bonds is 2. The number of hydrogen-bond acceptors (Lipinski definition) is 4. The van der Waals surface area contributed by atoms with E-state index >= 15 is 0 Å². The lowest BCUT2D eigenvalue weighted by Gasteiger charge is -2.46. The summed E-state index contributed by atoms with van der Waals surface area (Å²) < 4.78 is 0. The van der Waals surface area contributed by atoms with Crippen LogP contribution in [0, 0.1) is 35.5 Å². The van der Waals surface area contributed by atoms with Crippen molar-refractivity contribution < 1.29 is 0 Å². The standard InChI is InChI=1S/C16H24N4/c1-11(2)14-6-7-20(10-16(14,4)5)15-18-9-13(8-17)12(3)19-15/h9,11,14H,6-7,10H2,1-5H3. The number of aromatic nitrogens is 2. The molecule has 0 radical (unpaired) electrons. The van der Waals surface area contributed by atoms with Crippen LogP contribution in [0.1, 0.15) is 45.4 Å². The van der Waals surface area contributed by atoms with Crippen molar-refractivity contribution in [2.45, 2.75) is 41.0 Å². The van der Waals surface area contributed by atoms with E-state index in [0.29, 0.717) is 11.5 Å². The van der Waals surface area contributed by atoms with Gasteiger partial charge in [-0.15, -0.1) is 0 Å². The Morgan fingerprint density at radius 3 is 2.65 bits per heavy atom. The normalized spacial score (nSPS) is 21.9. The molecule has 1 unspecified atom stereocenters. The molecule has 108 valence electrons. The zero-order chi connectivity index (χ0) is 14.9. The molecular weight excluding hydrogens is 248 g/mol. The van der Waals surface area contributed by atoms with Gasteiger partial charge in [0.15, 0.2) is 0 Å². The van der Waals surface area contributed by atoms with Gasteiger partial charge in [-0.2, -0.15) is 5.26 Å². The summed E-state index contributed by atoms with van der Waals surface area (Å²) >= 11 is 0. The highest BCUT2D eigenvalue weighted by Crippen LogP contribution is 2.40. The summed E-state index contributed by atoms with van der Waals surface area (Å²) in [6.07, 6.45) is 2.81. The summed E-state index contributed by atoms with van der Waals surface area (Å²) in [5.74, 6) is 2.20. The van der Waals surface area contributed by atoms with Gasteiger partial charge in [-0.3, -0.25) is 0 Å². The third-order valence-electron chi connectivity index (χ3n) is 4.49. The van der Waals surface area contributed by atoms with E-state index in [1.54, 1.807) is 6.20 Å². The monoisotopic (exact) mass is 272 g/mol. The molecule has 20 heavy (non-hydrogen) atoms. The largest absolute Gasteiger partial charge is 0.340 e. The molecule has 1 aromatic heterocycles. The first-order chi connectivity index (χ1) is 9.35. The molecule has 4 nitrogen and oxygen atoms in total. The van der Waals surface area contributed by atoms with Crippen LogP contribution in [0.15, 0.2) is 6.20 Å². The maximum absolute atomic E-state index is 8.95. The number of nitrogens with zero attached hydrogens (tertiary/aromatic N) is 4. The first-order valence-corrected chi connectivity index (χ1v) is 7.34. The van der Waals surface area contributed by atoms with Gasteiger partial charge in [0.1, 0.15) is 6.07 Å². The number of aryl methyl sites for hydroxylation is 1. The SMILES string of the molecule is Cc1nc(N2CCC(C(C)C)C(C)(C)C2)ncc1C#N. The van der Waals surface area contributed by atoms with E-state index in [1.807, 2.05) is 6.92 Å². The molecule has 0 bridgehead atoms. The van der Waals surface area contributed by atoms with Gasteiger partial charge in [0.05, 0.1) is 17.5 Å². The Hall–Kier alpha value is -1.63. The third kappa shape index (κ3) is 2.77. The molecule has 0 saturated carbocycles. The molecule has 2 heterocycles. The predicted octanol–water partition coefficient (Wildman–Crippen LogP) is 3.17.